The molecule has 0 aliphatic carbocycles. The van der Waals surface area contributed by atoms with Gasteiger partial charge in [-0.1, -0.05) is 91.0 Å². The number of carbonyl (C=O) groups is 4. The molecule has 3 fully saturated rings. The van der Waals surface area contributed by atoms with Crippen LogP contribution in [0.1, 0.15) is 46.0 Å². The summed E-state index contributed by atoms with van der Waals surface area (Å²) in [5.41, 5.74) is 0.813. The number of esters is 1. The largest absolute Gasteiger partial charge is 0.491 e. The topological polar surface area (TPSA) is 198 Å². The van der Waals surface area contributed by atoms with Crippen molar-refractivity contribution in [3.63, 3.8) is 0 Å². The van der Waals surface area contributed by atoms with E-state index in [1.54, 1.807) is 71.9 Å². The smallest absolute Gasteiger partial charge is 0.421 e. The van der Waals surface area contributed by atoms with Crippen LogP contribution in [0.25, 0.3) is 0 Å². The number of nitro benzene ring substituents is 1. The molecule has 3 amide bonds. The summed E-state index contributed by atoms with van der Waals surface area (Å²) in [4.78, 5) is 88.6. The van der Waals surface area contributed by atoms with Crippen molar-refractivity contribution in [3.05, 3.63) is 190 Å². The number of cyclic esters (lactones) is 1. The molecule has 1 N–H and O–H groups in total. The van der Waals surface area contributed by atoms with Crippen LogP contribution in [-0.2, 0) is 35.9 Å². The summed E-state index contributed by atoms with van der Waals surface area (Å²) in [5, 5.41) is 20.9. The normalized spacial score (nSPS) is 23.2. The van der Waals surface area contributed by atoms with Crippen molar-refractivity contribution in [1.82, 2.24) is 19.8 Å². The highest BCUT2D eigenvalue weighted by Crippen LogP contribution is 2.66. The van der Waals surface area contributed by atoms with Crippen molar-refractivity contribution in [3.8, 4) is 5.75 Å². The molecular formula is C51H45N7O10. The van der Waals surface area contributed by atoms with E-state index >= 15 is 14.4 Å². The number of para-hydroxylation sites is 1. The number of hydrogen-bond donors (Lipinski definition) is 1. The second-order valence-corrected chi connectivity index (χ2v) is 16.9. The maximum absolute atomic E-state index is 16.4. The van der Waals surface area contributed by atoms with Crippen molar-refractivity contribution < 1.29 is 43.4 Å². The Balaban J connectivity index is 1.16. The van der Waals surface area contributed by atoms with Gasteiger partial charge >= 0.3 is 12.1 Å². The van der Waals surface area contributed by atoms with E-state index in [0.717, 1.165) is 10.5 Å². The third-order valence-corrected chi connectivity index (χ3v) is 13.3. The van der Waals surface area contributed by atoms with Gasteiger partial charge in [-0.3, -0.25) is 29.4 Å². The number of rotatable bonds is 11. The predicted molar refractivity (Wildman–Crippen MR) is 245 cm³/mol. The van der Waals surface area contributed by atoms with Gasteiger partial charge in [-0.05, 0) is 64.2 Å². The first-order valence-electron chi connectivity index (χ1n) is 22.3. The minimum atomic E-state index is -1.98. The Labute approximate surface area is 390 Å². The van der Waals surface area contributed by atoms with Crippen LogP contribution in [0.2, 0.25) is 0 Å². The van der Waals surface area contributed by atoms with Gasteiger partial charge in [-0.2, -0.15) is 0 Å². The minimum Gasteiger partial charge on any atom is -0.491 e. The summed E-state index contributed by atoms with van der Waals surface area (Å²) in [6.45, 7) is 0.620. The Morgan fingerprint density at radius 2 is 1.41 bits per heavy atom. The van der Waals surface area contributed by atoms with Gasteiger partial charge in [-0.15, -0.1) is 0 Å². The maximum Gasteiger partial charge on any atom is 0.421 e. The summed E-state index contributed by atoms with van der Waals surface area (Å²) >= 11 is 0. The van der Waals surface area contributed by atoms with E-state index < -0.39 is 64.4 Å². The van der Waals surface area contributed by atoms with Crippen molar-refractivity contribution >= 4 is 41.2 Å². The Morgan fingerprint density at radius 1 is 0.765 bits per heavy atom. The molecule has 5 aromatic carbocycles. The number of amides is 3. The van der Waals surface area contributed by atoms with Crippen LogP contribution in [0, 0.1) is 16.0 Å². The van der Waals surface area contributed by atoms with E-state index in [0.29, 0.717) is 47.0 Å². The number of non-ortho nitro benzene ring substituents is 1. The standard InChI is InChI=1S/C51H45N7O10/c59-30-31-66-38-22-18-36(19-23-38)45-51(39-14-7-8-15-40(39)56(48(51)62)50(63)67-32-33-16-20-37(21-17-33)58(64)65)41(46(60)54-26-28-55(29-27-54)49-52-24-9-25-53-49)43-47(61)68-44(35-12-5-2-6-13-35)42(57(43)45)34-10-3-1-4-11-34/h1-25,41-45,59H,26-32H2/t41-,42-,43-,44+,45+,51-/m1/s1. The zero-order chi connectivity index (χ0) is 46.9. The summed E-state index contributed by atoms with van der Waals surface area (Å²) in [7, 11) is 0. The first-order valence-corrected chi connectivity index (χ1v) is 22.3. The minimum absolute atomic E-state index is 0.0324. The van der Waals surface area contributed by atoms with Gasteiger partial charge in [0.05, 0.1) is 35.2 Å². The van der Waals surface area contributed by atoms with Gasteiger partial charge in [0.2, 0.25) is 17.8 Å². The maximum atomic E-state index is 16.4. The molecule has 5 heterocycles. The van der Waals surface area contributed by atoms with E-state index in [2.05, 4.69) is 9.97 Å². The van der Waals surface area contributed by atoms with E-state index in [9.17, 15) is 20.0 Å². The Hall–Kier alpha value is -8.02. The number of aromatic nitrogens is 2. The van der Waals surface area contributed by atoms with Gasteiger partial charge in [0, 0.05) is 50.7 Å². The lowest BCUT2D eigenvalue weighted by molar-refractivity contribution is -0.384. The van der Waals surface area contributed by atoms with Crippen LogP contribution in [0.15, 0.2) is 152 Å². The highest BCUT2D eigenvalue weighted by Gasteiger charge is 2.76. The number of nitro groups is 1. The number of anilines is 2. The van der Waals surface area contributed by atoms with E-state index in [1.165, 1.54) is 24.3 Å². The second-order valence-electron chi connectivity index (χ2n) is 16.9. The second kappa shape index (κ2) is 18.3. The fourth-order valence-corrected chi connectivity index (χ4v) is 10.4. The van der Waals surface area contributed by atoms with Crippen LogP contribution in [0.4, 0.5) is 22.1 Å². The average Bonchev–Trinajstić information content (AvgIpc) is 3.84. The lowest BCUT2D eigenvalue weighted by Gasteiger charge is -2.46. The first kappa shape index (κ1) is 43.9. The molecule has 0 radical (unpaired) electrons. The molecule has 1 aromatic heterocycles. The lowest BCUT2D eigenvalue weighted by Crippen LogP contribution is -2.59. The van der Waals surface area contributed by atoms with Crippen molar-refractivity contribution in [2.45, 2.75) is 36.3 Å². The van der Waals surface area contributed by atoms with Crippen LogP contribution in [0.3, 0.4) is 0 Å². The molecule has 6 aromatic rings. The third-order valence-electron chi connectivity index (χ3n) is 13.3. The Bertz CT molecular complexity index is 2830. The number of nitrogens with zero attached hydrogens (tertiary/aromatic N) is 7. The van der Waals surface area contributed by atoms with E-state index in [4.69, 9.17) is 14.2 Å². The number of aliphatic hydroxyl groups is 1. The predicted octanol–water partition coefficient (Wildman–Crippen LogP) is 6.11. The highest BCUT2D eigenvalue weighted by molar-refractivity contribution is 6.23. The van der Waals surface area contributed by atoms with Crippen LogP contribution >= 0.6 is 0 Å². The monoisotopic (exact) mass is 915 g/mol. The van der Waals surface area contributed by atoms with Gasteiger partial charge in [0.1, 0.15) is 36.5 Å². The van der Waals surface area contributed by atoms with Crippen LogP contribution in [0.5, 0.6) is 5.75 Å². The molecule has 4 aliphatic heterocycles. The molecule has 6 atom stereocenters. The molecular weight excluding hydrogens is 871 g/mol. The van der Waals surface area contributed by atoms with Crippen molar-refractivity contribution in [1.29, 1.82) is 0 Å². The van der Waals surface area contributed by atoms with Crippen molar-refractivity contribution in [2.24, 2.45) is 5.92 Å². The molecule has 68 heavy (non-hydrogen) atoms. The lowest BCUT2D eigenvalue weighted by atomic mass is 9.65. The molecule has 0 saturated carbocycles. The van der Waals surface area contributed by atoms with Gasteiger partial charge in [0.25, 0.3) is 5.69 Å². The number of imide groups is 1. The highest BCUT2D eigenvalue weighted by atomic mass is 16.6. The quantitative estimate of drug-likeness (QED) is 0.0888. The number of aliphatic hydroxyl groups excluding tert-OH is 1. The molecule has 3 saturated heterocycles. The van der Waals surface area contributed by atoms with Gasteiger partial charge in [0.15, 0.2) is 0 Å². The number of ether oxygens (including phenoxy) is 3. The van der Waals surface area contributed by atoms with E-state index in [-0.39, 0.29) is 44.3 Å². The molecule has 0 unspecified atom stereocenters. The van der Waals surface area contributed by atoms with Gasteiger partial charge < -0.3 is 29.1 Å². The number of morpholine rings is 1. The molecule has 17 nitrogen and oxygen atoms in total. The van der Waals surface area contributed by atoms with Gasteiger partial charge in [-0.25, -0.2) is 19.7 Å². The number of carbonyl (C=O) groups excluding carboxylic acids is 4. The summed E-state index contributed by atoms with van der Waals surface area (Å²) < 4.78 is 18.2. The molecule has 4 aliphatic rings. The Morgan fingerprint density at radius 3 is 2.07 bits per heavy atom. The summed E-state index contributed by atoms with van der Waals surface area (Å²) in [6.07, 6.45) is 1.34. The van der Waals surface area contributed by atoms with Crippen LogP contribution < -0.4 is 14.5 Å². The number of piperazine rings is 1. The Kier molecular flexibility index (Phi) is 11.8. The number of fused-ring (bicyclic) bond motifs is 3. The molecule has 0 bridgehead atoms. The number of hydrogen-bond acceptors (Lipinski definition) is 14. The van der Waals surface area contributed by atoms with E-state index in [1.807, 2.05) is 70.5 Å². The van der Waals surface area contributed by atoms with Crippen LogP contribution in [-0.4, -0.2) is 99.1 Å². The summed E-state index contributed by atoms with van der Waals surface area (Å²) in [6, 6.07) is 36.6. The zero-order valence-electron chi connectivity index (χ0n) is 36.5. The number of benzene rings is 5. The fourth-order valence-electron chi connectivity index (χ4n) is 10.4. The third kappa shape index (κ3) is 7.54. The average molecular weight is 916 g/mol. The molecule has 10 rings (SSSR count). The molecule has 344 valence electrons. The van der Waals surface area contributed by atoms with Crippen molar-refractivity contribution in [2.75, 3.05) is 49.2 Å². The summed E-state index contributed by atoms with van der Waals surface area (Å²) in [5.74, 6) is -2.49. The SMILES string of the molecule is O=C1O[C@@H](c2ccccc2)[C@@H](c2ccccc2)N2[C@@H](c3ccc(OCCO)cc3)[C@]3(C(=O)N(C(=O)OCc4ccc([N+](=O)[O-])cc4)c4ccccc43)[C@@H](C(=O)N3CCN(c4ncccn4)CC3)[C@H]12. The zero-order valence-corrected chi connectivity index (χ0v) is 36.5. The molecule has 1 spiro atoms. The molecule has 17 heteroatoms. The fraction of sp³-hybridized carbons (Fsp3) is 0.255. The first-order chi connectivity index (χ1) is 33.2.